The van der Waals surface area contributed by atoms with Gasteiger partial charge in [0.15, 0.2) is 0 Å². The van der Waals surface area contributed by atoms with Crippen molar-refractivity contribution in [1.82, 2.24) is 0 Å². The van der Waals surface area contributed by atoms with Crippen molar-refractivity contribution in [1.29, 1.82) is 0 Å². The molecule has 1 atom stereocenters. The Labute approximate surface area is 202 Å². The van der Waals surface area contributed by atoms with Crippen LogP contribution in [-0.2, 0) is 9.59 Å². The van der Waals surface area contributed by atoms with E-state index in [-0.39, 0.29) is 28.1 Å². The van der Waals surface area contributed by atoms with Crippen LogP contribution >= 0.6 is 11.6 Å². The predicted octanol–water partition coefficient (Wildman–Crippen LogP) is 4.28. The SMILES string of the molecule is O=C1C(=O)N(c2ccc(O)c(C(=O)O)c2)[C@@H](c2ccc([N+](=O)[O-])cc2)C1=C(O)c1ccc(Cl)cc1. The zero-order chi connectivity index (χ0) is 25.4. The van der Waals surface area contributed by atoms with Gasteiger partial charge in [-0.2, -0.15) is 0 Å². The van der Waals surface area contributed by atoms with Crippen molar-refractivity contribution < 1.29 is 34.6 Å². The summed E-state index contributed by atoms with van der Waals surface area (Å²) in [6.07, 6.45) is 0. The summed E-state index contributed by atoms with van der Waals surface area (Å²) in [6.45, 7) is 0. The molecule has 1 heterocycles. The number of nitro groups is 1. The lowest BCUT2D eigenvalue weighted by Crippen LogP contribution is -2.29. The van der Waals surface area contributed by atoms with E-state index in [2.05, 4.69) is 0 Å². The Kier molecular flexibility index (Phi) is 5.98. The zero-order valence-electron chi connectivity index (χ0n) is 17.6. The van der Waals surface area contributed by atoms with Crippen LogP contribution in [0.3, 0.4) is 0 Å². The largest absolute Gasteiger partial charge is 0.507 e. The van der Waals surface area contributed by atoms with Gasteiger partial charge in [-0.25, -0.2) is 4.79 Å². The van der Waals surface area contributed by atoms with E-state index < -0.39 is 45.7 Å². The van der Waals surface area contributed by atoms with Gasteiger partial charge < -0.3 is 15.3 Å². The summed E-state index contributed by atoms with van der Waals surface area (Å²) in [5.74, 6) is -4.64. The maximum atomic E-state index is 13.1. The Morgan fingerprint density at radius 1 is 0.971 bits per heavy atom. The smallest absolute Gasteiger partial charge is 0.339 e. The van der Waals surface area contributed by atoms with E-state index in [1.165, 1.54) is 54.6 Å². The topological polar surface area (TPSA) is 158 Å². The molecule has 1 saturated heterocycles. The van der Waals surface area contributed by atoms with Gasteiger partial charge in [-0.05, 0) is 60.2 Å². The first-order valence-electron chi connectivity index (χ1n) is 9.97. The predicted molar refractivity (Wildman–Crippen MR) is 124 cm³/mol. The van der Waals surface area contributed by atoms with Crippen LogP contribution in [0.1, 0.15) is 27.5 Å². The summed E-state index contributed by atoms with van der Waals surface area (Å²) < 4.78 is 0. The fourth-order valence-corrected chi connectivity index (χ4v) is 3.93. The molecule has 0 aromatic heterocycles. The molecule has 0 spiro atoms. The van der Waals surface area contributed by atoms with Crippen LogP contribution in [-0.4, -0.2) is 37.9 Å². The fourth-order valence-electron chi connectivity index (χ4n) is 3.80. The first kappa shape index (κ1) is 23.5. The zero-order valence-corrected chi connectivity index (χ0v) is 18.3. The summed E-state index contributed by atoms with van der Waals surface area (Å²) in [5.41, 5.74) is -0.658. The average Bonchev–Trinajstić information content (AvgIpc) is 3.09. The van der Waals surface area contributed by atoms with E-state index >= 15 is 0 Å². The molecule has 0 unspecified atom stereocenters. The number of hydrogen-bond acceptors (Lipinski definition) is 7. The van der Waals surface area contributed by atoms with Crippen molar-refractivity contribution in [2.45, 2.75) is 6.04 Å². The number of benzene rings is 3. The number of aliphatic hydroxyl groups is 1. The second-order valence-electron chi connectivity index (χ2n) is 7.53. The lowest BCUT2D eigenvalue weighted by atomic mass is 9.95. The number of carboxylic acids is 1. The third-order valence-corrected chi connectivity index (χ3v) is 5.72. The summed E-state index contributed by atoms with van der Waals surface area (Å²) in [4.78, 5) is 49.2. The molecule has 1 amide bonds. The number of anilines is 1. The van der Waals surface area contributed by atoms with E-state index in [0.717, 1.165) is 17.0 Å². The lowest BCUT2D eigenvalue weighted by molar-refractivity contribution is -0.384. The van der Waals surface area contributed by atoms with Crippen molar-refractivity contribution in [3.63, 3.8) is 0 Å². The van der Waals surface area contributed by atoms with Crippen LogP contribution in [0.5, 0.6) is 5.75 Å². The van der Waals surface area contributed by atoms with Crippen molar-refractivity contribution in [2.24, 2.45) is 0 Å². The van der Waals surface area contributed by atoms with Crippen molar-refractivity contribution in [3.05, 3.63) is 104 Å². The molecule has 3 aromatic rings. The molecule has 1 aliphatic rings. The van der Waals surface area contributed by atoms with Crippen LogP contribution in [0.2, 0.25) is 5.02 Å². The second kappa shape index (κ2) is 8.92. The summed E-state index contributed by atoms with van der Waals surface area (Å²) in [6, 6.07) is 12.9. The highest BCUT2D eigenvalue weighted by Gasteiger charge is 2.47. The van der Waals surface area contributed by atoms with E-state index in [9.17, 15) is 39.8 Å². The van der Waals surface area contributed by atoms with Crippen LogP contribution in [0, 0.1) is 10.1 Å². The Morgan fingerprint density at radius 2 is 1.60 bits per heavy atom. The number of aromatic carboxylic acids is 1. The normalized spacial score (nSPS) is 16.9. The number of carboxylic acid groups (broad SMARTS) is 1. The van der Waals surface area contributed by atoms with Crippen LogP contribution in [0.4, 0.5) is 11.4 Å². The molecule has 3 aromatic carbocycles. The molecule has 0 aliphatic carbocycles. The van der Waals surface area contributed by atoms with E-state index in [0.29, 0.717) is 5.02 Å². The van der Waals surface area contributed by atoms with E-state index in [1.54, 1.807) is 0 Å². The second-order valence-corrected chi connectivity index (χ2v) is 7.97. The summed E-state index contributed by atoms with van der Waals surface area (Å²) in [7, 11) is 0. The number of aromatic hydroxyl groups is 1. The van der Waals surface area contributed by atoms with Gasteiger partial charge in [-0.15, -0.1) is 0 Å². The Balaban J connectivity index is 1.96. The number of nitrogens with zero attached hydrogens (tertiary/aromatic N) is 2. The van der Waals surface area contributed by atoms with Crippen LogP contribution < -0.4 is 4.90 Å². The molecule has 3 N–H and O–H groups in total. The van der Waals surface area contributed by atoms with Gasteiger partial charge in [0.2, 0.25) is 0 Å². The minimum Gasteiger partial charge on any atom is -0.507 e. The van der Waals surface area contributed by atoms with Gasteiger partial charge in [0.1, 0.15) is 17.1 Å². The lowest BCUT2D eigenvalue weighted by Gasteiger charge is -2.25. The number of hydrogen-bond donors (Lipinski definition) is 3. The van der Waals surface area contributed by atoms with Crippen LogP contribution in [0.15, 0.2) is 72.3 Å². The maximum Gasteiger partial charge on any atom is 0.339 e. The van der Waals surface area contributed by atoms with Gasteiger partial charge in [-0.3, -0.25) is 24.6 Å². The molecule has 0 bridgehead atoms. The van der Waals surface area contributed by atoms with Crippen LogP contribution in [0.25, 0.3) is 5.76 Å². The molecule has 1 fully saturated rings. The number of carbonyl (C=O) groups is 3. The van der Waals surface area contributed by atoms with Gasteiger partial charge in [0, 0.05) is 28.4 Å². The number of nitro benzene ring substituents is 1. The molecular formula is C24H15ClN2O8. The molecule has 1 aliphatic heterocycles. The van der Waals surface area contributed by atoms with Crippen molar-refractivity contribution in [3.8, 4) is 5.75 Å². The number of phenols is 1. The van der Waals surface area contributed by atoms with Gasteiger partial charge in [-0.1, -0.05) is 11.6 Å². The first-order valence-corrected chi connectivity index (χ1v) is 10.4. The summed E-state index contributed by atoms with van der Waals surface area (Å²) in [5, 5.41) is 41.7. The quantitative estimate of drug-likeness (QED) is 0.156. The molecular weight excluding hydrogens is 480 g/mol. The van der Waals surface area contributed by atoms with Crippen molar-refractivity contribution in [2.75, 3.05) is 4.90 Å². The number of ketones is 1. The molecule has 11 heteroatoms. The van der Waals surface area contributed by atoms with Gasteiger partial charge >= 0.3 is 5.97 Å². The number of carbonyl (C=O) groups excluding carboxylic acids is 2. The molecule has 0 saturated carbocycles. The monoisotopic (exact) mass is 494 g/mol. The number of non-ortho nitro benzene ring substituents is 1. The fraction of sp³-hybridized carbons (Fsp3) is 0.0417. The van der Waals surface area contributed by atoms with Gasteiger partial charge in [0.25, 0.3) is 17.4 Å². The molecule has 176 valence electrons. The Morgan fingerprint density at radius 3 is 2.17 bits per heavy atom. The standard InChI is InChI=1S/C24H15ClN2O8/c25-14-5-1-13(2-6-14)21(29)19-20(12-3-7-15(8-4-12)27(34)35)26(23(31)22(19)30)16-9-10-18(28)17(11-16)24(32)33/h1-11,20,28-29H,(H,32,33)/t20-/m0/s1. The Bertz CT molecular complexity index is 1410. The minimum absolute atomic E-state index is 0.0409. The number of amides is 1. The van der Waals surface area contributed by atoms with E-state index in [1.807, 2.05) is 0 Å². The summed E-state index contributed by atoms with van der Waals surface area (Å²) >= 11 is 5.90. The minimum atomic E-state index is -1.46. The molecule has 10 nitrogen and oxygen atoms in total. The third-order valence-electron chi connectivity index (χ3n) is 5.47. The number of halogens is 1. The van der Waals surface area contributed by atoms with E-state index in [4.69, 9.17) is 11.6 Å². The molecule has 35 heavy (non-hydrogen) atoms. The highest BCUT2D eigenvalue weighted by Crippen LogP contribution is 2.43. The number of Topliss-reactive ketones (excluding diaryl/α,β-unsaturated/α-hetero) is 1. The first-order chi connectivity index (χ1) is 16.6. The Hall–Kier alpha value is -4.70. The van der Waals surface area contributed by atoms with Gasteiger partial charge in [0.05, 0.1) is 16.5 Å². The maximum absolute atomic E-state index is 13.1. The highest BCUT2D eigenvalue weighted by molar-refractivity contribution is 6.51. The highest BCUT2D eigenvalue weighted by atomic mass is 35.5. The third kappa shape index (κ3) is 4.18. The molecule has 0 radical (unpaired) electrons. The number of aliphatic hydroxyl groups excluding tert-OH is 1. The molecule has 4 rings (SSSR count). The number of rotatable bonds is 5. The van der Waals surface area contributed by atoms with Crippen molar-refractivity contribution >= 4 is 46.4 Å². The average molecular weight is 495 g/mol.